The van der Waals surface area contributed by atoms with Crippen LogP contribution in [-0.2, 0) is 14.4 Å². The van der Waals surface area contributed by atoms with Crippen LogP contribution in [0.25, 0.3) is 0 Å². The minimum Gasteiger partial charge on any atom is -0.481 e. The highest BCUT2D eigenvalue weighted by Crippen LogP contribution is 2.39. The fourth-order valence-electron chi connectivity index (χ4n) is 2.91. The second-order valence-corrected chi connectivity index (χ2v) is 5.94. The van der Waals surface area contributed by atoms with Crippen LogP contribution >= 0.6 is 0 Å². The standard InChI is InChI=1S/C15H26N2O4/c1-5-10-7-11(12(8-10)15(20)21)14(19)17(6-2)9-13(18)16(3)4/h10-12H,5-9H2,1-4H3,(H,20,21). The van der Waals surface area contributed by atoms with Gasteiger partial charge in [-0.3, -0.25) is 14.4 Å². The molecule has 3 atom stereocenters. The molecule has 0 aromatic heterocycles. The molecule has 0 spiro atoms. The number of carboxylic acids is 1. The molecule has 6 nitrogen and oxygen atoms in total. The zero-order valence-corrected chi connectivity index (χ0v) is 13.3. The molecule has 0 saturated heterocycles. The van der Waals surface area contributed by atoms with Gasteiger partial charge in [0.2, 0.25) is 11.8 Å². The molecule has 1 aliphatic rings. The van der Waals surface area contributed by atoms with Crippen molar-refractivity contribution >= 4 is 17.8 Å². The molecule has 6 heteroatoms. The molecular weight excluding hydrogens is 272 g/mol. The molecule has 0 bridgehead atoms. The Morgan fingerprint density at radius 3 is 2.10 bits per heavy atom. The van der Waals surface area contributed by atoms with Crippen LogP contribution in [0.3, 0.4) is 0 Å². The number of nitrogens with zero attached hydrogens (tertiary/aromatic N) is 2. The molecular formula is C15H26N2O4. The van der Waals surface area contributed by atoms with Crippen LogP contribution in [0.15, 0.2) is 0 Å². The topological polar surface area (TPSA) is 77.9 Å². The molecule has 0 radical (unpaired) electrons. The summed E-state index contributed by atoms with van der Waals surface area (Å²) in [4.78, 5) is 38.7. The van der Waals surface area contributed by atoms with E-state index in [-0.39, 0.29) is 24.3 Å². The van der Waals surface area contributed by atoms with Gasteiger partial charge < -0.3 is 14.9 Å². The molecule has 21 heavy (non-hydrogen) atoms. The monoisotopic (exact) mass is 298 g/mol. The van der Waals surface area contributed by atoms with Gasteiger partial charge in [0, 0.05) is 20.6 Å². The number of rotatable bonds is 6. The van der Waals surface area contributed by atoms with Gasteiger partial charge in [0.25, 0.3) is 0 Å². The van der Waals surface area contributed by atoms with Gasteiger partial charge in [0.15, 0.2) is 0 Å². The molecule has 2 amide bonds. The van der Waals surface area contributed by atoms with Gasteiger partial charge >= 0.3 is 5.97 Å². The van der Waals surface area contributed by atoms with Gasteiger partial charge in [-0.05, 0) is 25.7 Å². The van der Waals surface area contributed by atoms with Crippen molar-refractivity contribution < 1.29 is 19.5 Å². The van der Waals surface area contributed by atoms with Gasteiger partial charge in [0.05, 0.1) is 18.4 Å². The lowest BCUT2D eigenvalue weighted by atomic mass is 9.94. The number of hydrogen-bond donors (Lipinski definition) is 1. The van der Waals surface area contributed by atoms with Crippen LogP contribution < -0.4 is 0 Å². The summed E-state index contributed by atoms with van der Waals surface area (Å²) in [6, 6.07) is 0. The van der Waals surface area contributed by atoms with Crippen LogP contribution in [0.1, 0.15) is 33.1 Å². The van der Waals surface area contributed by atoms with E-state index in [1.54, 1.807) is 14.1 Å². The molecule has 120 valence electrons. The van der Waals surface area contributed by atoms with Crippen molar-refractivity contribution in [3.8, 4) is 0 Å². The van der Waals surface area contributed by atoms with E-state index in [2.05, 4.69) is 0 Å². The van der Waals surface area contributed by atoms with Crippen molar-refractivity contribution in [3.05, 3.63) is 0 Å². The Morgan fingerprint density at radius 2 is 1.67 bits per heavy atom. The molecule has 3 unspecified atom stereocenters. The van der Waals surface area contributed by atoms with E-state index in [1.807, 2.05) is 13.8 Å². The maximum atomic E-state index is 12.6. The molecule has 1 saturated carbocycles. The molecule has 1 fully saturated rings. The lowest BCUT2D eigenvalue weighted by Gasteiger charge is -2.26. The number of hydrogen-bond acceptors (Lipinski definition) is 3. The van der Waals surface area contributed by atoms with Crippen LogP contribution in [-0.4, -0.2) is 59.9 Å². The highest BCUT2D eigenvalue weighted by molar-refractivity contribution is 5.89. The zero-order valence-electron chi connectivity index (χ0n) is 13.3. The Kier molecular flexibility index (Phi) is 6.18. The number of aliphatic carboxylic acids is 1. The predicted octanol–water partition coefficient (Wildman–Crippen LogP) is 1.06. The summed E-state index contributed by atoms with van der Waals surface area (Å²) in [5, 5.41) is 9.32. The first kappa shape index (κ1) is 17.5. The molecule has 0 aromatic carbocycles. The Hall–Kier alpha value is -1.59. The first-order valence-electron chi connectivity index (χ1n) is 7.53. The van der Waals surface area contributed by atoms with E-state index in [9.17, 15) is 19.5 Å². The lowest BCUT2D eigenvalue weighted by Crippen LogP contribution is -2.44. The third-order valence-electron chi connectivity index (χ3n) is 4.39. The van der Waals surface area contributed by atoms with Gasteiger partial charge in [-0.25, -0.2) is 0 Å². The van der Waals surface area contributed by atoms with E-state index in [4.69, 9.17) is 0 Å². The largest absolute Gasteiger partial charge is 0.481 e. The third kappa shape index (κ3) is 4.19. The Bertz CT molecular complexity index is 408. The van der Waals surface area contributed by atoms with Crippen molar-refractivity contribution in [2.24, 2.45) is 17.8 Å². The second-order valence-electron chi connectivity index (χ2n) is 5.94. The highest BCUT2D eigenvalue weighted by Gasteiger charge is 2.43. The van der Waals surface area contributed by atoms with Crippen LogP contribution in [0.5, 0.6) is 0 Å². The smallest absolute Gasteiger partial charge is 0.307 e. The summed E-state index contributed by atoms with van der Waals surface area (Å²) in [6.07, 6.45) is 2.05. The number of amides is 2. The molecule has 0 aromatic rings. The van der Waals surface area contributed by atoms with E-state index < -0.39 is 17.8 Å². The van der Waals surface area contributed by atoms with E-state index in [0.717, 1.165) is 6.42 Å². The average Bonchev–Trinajstić information content (AvgIpc) is 2.87. The molecule has 0 heterocycles. The summed E-state index contributed by atoms with van der Waals surface area (Å²) < 4.78 is 0. The minimum absolute atomic E-state index is 0.0158. The molecule has 1 N–H and O–H groups in total. The van der Waals surface area contributed by atoms with Crippen LogP contribution in [0.2, 0.25) is 0 Å². The maximum absolute atomic E-state index is 12.6. The van der Waals surface area contributed by atoms with E-state index >= 15 is 0 Å². The fraction of sp³-hybridized carbons (Fsp3) is 0.800. The molecule has 1 aliphatic carbocycles. The zero-order chi connectivity index (χ0) is 16.2. The second kappa shape index (κ2) is 7.43. The minimum atomic E-state index is -0.903. The van der Waals surface area contributed by atoms with Crippen molar-refractivity contribution in [3.63, 3.8) is 0 Å². The number of carbonyl (C=O) groups is 3. The van der Waals surface area contributed by atoms with E-state index in [0.29, 0.717) is 19.4 Å². The lowest BCUT2D eigenvalue weighted by molar-refractivity contribution is -0.150. The Balaban J connectivity index is 2.82. The fourth-order valence-corrected chi connectivity index (χ4v) is 2.91. The molecule has 1 rings (SSSR count). The molecule has 0 aliphatic heterocycles. The number of likely N-dealkylation sites (N-methyl/N-ethyl adjacent to an activating group) is 2. The Morgan fingerprint density at radius 1 is 1.10 bits per heavy atom. The summed E-state index contributed by atoms with van der Waals surface area (Å²) in [5.41, 5.74) is 0. The normalized spacial score (nSPS) is 24.7. The first-order chi connectivity index (χ1) is 9.81. The van der Waals surface area contributed by atoms with Gasteiger partial charge in [-0.1, -0.05) is 13.3 Å². The average molecular weight is 298 g/mol. The predicted molar refractivity (Wildman–Crippen MR) is 78.6 cm³/mol. The summed E-state index contributed by atoms with van der Waals surface area (Å²) in [5.74, 6) is -2.09. The number of carbonyl (C=O) groups excluding carboxylic acids is 2. The number of carboxylic acid groups (broad SMARTS) is 1. The van der Waals surface area contributed by atoms with Crippen molar-refractivity contribution in [2.75, 3.05) is 27.2 Å². The Labute approximate surface area is 126 Å². The third-order valence-corrected chi connectivity index (χ3v) is 4.39. The highest BCUT2D eigenvalue weighted by atomic mass is 16.4. The summed E-state index contributed by atoms with van der Waals surface area (Å²) in [6.45, 7) is 4.26. The van der Waals surface area contributed by atoms with Crippen molar-refractivity contribution in [2.45, 2.75) is 33.1 Å². The van der Waals surface area contributed by atoms with Gasteiger partial charge in [0.1, 0.15) is 0 Å². The maximum Gasteiger partial charge on any atom is 0.307 e. The SMILES string of the molecule is CCC1CC(C(=O)O)C(C(=O)N(CC)CC(=O)N(C)C)C1. The first-order valence-corrected chi connectivity index (χ1v) is 7.53. The van der Waals surface area contributed by atoms with Gasteiger partial charge in [-0.2, -0.15) is 0 Å². The van der Waals surface area contributed by atoms with Crippen molar-refractivity contribution in [1.29, 1.82) is 0 Å². The van der Waals surface area contributed by atoms with E-state index in [1.165, 1.54) is 9.80 Å². The van der Waals surface area contributed by atoms with Crippen LogP contribution in [0.4, 0.5) is 0 Å². The summed E-state index contributed by atoms with van der Waals surface area (Å²) >= 11 is 0. The van der Waals surface area contributed by atoms with Crippen molar-refractivity contribution in [1.82, 2.24) is 9.80 Å². The van der Waals surface area contributed by atoms with Gasteiger partial charge in [-0.15, -0.1) is 0 Å². The quantitative estimate of drug-likeness (QED) is 0.795. The summed E-state index contributed by atoms with van der Waals surface area (Å²) in [7, 11) is 3.28. The van der Waals surface area contributed by atoms with Crippen LogP contribution in [0, 0.1) is 17.8 Å².